The fourth-order valence-corrected chi connectivity index (χ4v) is 1.25. The Morgan fingerprint density at radius 2 is 1.85 bits per heavy atom. The van der Waals surface area contributed by atoms with E-state index in [0.717, 1.165) is 0 Å². The SMILES string of the molecule is O=C(O)CC(=O)N1CCC(=O)CC1. The highest BCUT2D eigenvalue weighted by atomic mass is 16.4. The minimum Gasteiger partial charge on any atom is -0.481 e. The highest BCUT2D eigenvalue weighted by molar-refractivity contribution is 5.94. The van der Waals surface area contributed by atoms with Crippen LogP contribution in [0, 0.1) is 0 Å². The number of piperidine rings is 1. The van der Waals surface area contributed by atoms with Gasteiger partial charge in [-0.25, -0.2) is 0 Å². The third kappa shape index (κ3) is 2.85. The molecule has 0 bridgehead atoms. The van der Waals surface area contributed by atoms with Crippen LogP contribution < -0.4 is 0 Å². The van der Waals surface area contributed by atoms with Gasteiger partial charge in [0.05, 0.1) is 0 Å². The second kappa shape index (κ2) is 4.02. The first-order valence-corrected chi connectivity index (χ1v) is 4.11. The van der Waals surface area contributed by atoms with E-state index >= 15 is 0 Å². The molecule has 1 aliphatic heterocycles. The summed E-state index contributed by atoms with van der Waals surface area (Å²) in [5.74, 6) is -1.39. The molecule has 0 aromatic rings. The minimum atomic E-state index is -1.12. The van der Waals surface area contributed by atoms with Gasteiger partial charge in [0.2, 0.25) is 5.91 Å². The van der Waals surface area contributed by atoms with Crippen molar-refractivity contribution >= 4 is 17.7 Å². The lowest BCUT2D eigenvalue weighted by Gasteiger charge is -2.25. The van der Waals surface area contributed by atoms with Gasteiger partial charge in [-0.15, -0.1) is 0 Å². The predicted octanol–water partition coefficient (Wildman–Crippen LogP) is -0.347. The van der Waals surface area contributed by atoms with E-state index in [0.29, 0.717) is 25.9 Å². The maximum Gasteiger partial charge on any atom is 0.312 e. The summed E-state index contributed by atoms with van der Waals surface area (Å²) in [6.45, 7) is 0.732. The first-order chi connectivity index (χ1) is 6.09. The van der Waals surface area contributed by atoms with Crippen LogP contribution in [0.1, 0.15) is 19.3 Å². The van der Waals surface area contributed by atoms with Crippen LogP contribution in [0.2, 0.25) is 0 Å². The number of hydrogen-bond acceptors (Lipinski definition) is 3. The summed E-state index contributed by atoms with van der Waals surface area (Å²) >= 11 is 0. The number of rotatable bonds is 2. The maximum absolute atomic E-state index is 11.1. The lowest BCUT2D eigenvalue weighted by molar-refractivity contribution is -0.144. The number of likely N-dealkylation sites (tertiary alicyclic amines) is 1. The number of carbonyl (C=O) groups excluding carboxylic acids is 2. The fourth-order valence-electron chi connectivity index (χ4n) is 1.25. The molecule has 5 nitrogen and oxygen atoms in total. The number of aliphatic carboxylic acids is 1. The van der Waals surface area contributed by atoms with Crippen LogP contribution >= 0.6 is 0 Å². The molecule has 13 heavy (non-hydrogen) atoms. The summed E-state index contributed by atoms with van der Waals surface area (Å²) in [5.41, 5.74) is 0. The number of carbonyl (C=O) groups is 3. The normalized spacial score (nSPS) is 17.2. The molecule has 0 aromatic heterocycles. The largest absolute Gasteiger partial charge is 0.481 e. The Morgan fingerprint density at radius 3 is 2.31 bits per heavy atom. The van der Waals surface area contributed by atoms with E-state index < -0.39 is 18.3 Å². The van der Waals surface area contributed by atoms with Crippen LogP contribution in [0.3, 0.4) is 0 Å². The van der Waals surface area contributed by atoms with Gasteiger partial charge >= 0.3 is 5.97 Å². The van der Waals surface area contributed by atoms with Crippen molar-refractivity contribution in [2.24, 2.45) is 0 Å². The molecular weight excluding hydrogens is 174 g/mol. The molecule has 1 saturated heterocycles. The van der Waals surface area contributed by atoms with Crippen LogP contribution in [-0.2, 0) is 14.4 Å². The Hall–Kier alpha value is -1.39. The zero-order valence-corrected chi connectivity index (χ0v) is 7.15. The van der Waals surface area contributed by atoms with E-state index in [9.17, 15) is 14.4 Å². The van der Waals surface area contributed by atoms with E-state index in [1.807, 2.05) is 0 Å². The van der Waals surface area contributed by atoms with Gasteiger partial charge in [0.25, 0.3) is 0 Å². The molecule has 0 unspecified atom stereocenters. The molecule has 0 atom stereocenters. The second-order valence-corrected chi connectivity index (χ2v) is 2.99. The quantitative estimate of drug-likeness (QED) is 0.597. The molecule has 0 aromatic carbocycles. The molecule has 1 aliphatic rings. The number of Topliss-reactive ketones (excluding diaryl/α,β-unsaturated/α-hetero) is 1. The van der Waals surface area contributed by atoms with Crippen molar-refractivity contribution in [2.75, 3.05) is 13.1 Å². The monoisotopic (exact) mass is 185 g/mol. The van der Waals surface area contributed by atoms with Gasteiger partial charge in [-0.2, -0.15) is 0 Å². The second-order valence-electron chi connectivity index (χ2n) is 2.99. The molecule has 1 amide bonds. The standard InChI is InChI=1S/C8H11NO4/c10-6-1-3-9(4-2-6)7(11)5-8(12)13/h1-5H2,(H,12,13). The van der Waals surface area contributed by atoms with Crippen LogP contribution in [0.5, 0.6) is 0 Å². The topological polar surface area (TPSA) is 74.7 Å². The third-order valence-electron chi connectivity index (χ3n) is 1.98. The summed E-state index contributed by atoms with van der Waals surface area (Å²) < 4.78 is 0. The minimum absolute atomic E-state index is 0.138. The highest BCUT2D eigenvalue weighted by Gasteiger charge is 2.21. The molecule has 72 valence electrons. The van der Waals surface area contributed by atoms with Gasteiger partial charge in [-0.1, -0.05) is 0 Å². The molecule has 1 fully saturated rings. The van der Waals surface area contributed by atoms with E-state index in [4.69, 9.17) is 5.11 Å². The van der Waals surface area contributed by atoms with Crippen molar-refractivity contribution in [3.8, 4) is 0 Å². The Bertz CT molecular complexity index is 239. The fraction of sp³-hybridized carbons (Fsp3) is 0.625. The summed E-state index contributed by atoms with van der Waals surface area (Å²) in [6, 6.07) is 0. The average Bonchev–Trinajstić information content (AvgIpc) is 2.04. The molecule has 5 heteroatoms. The van der Waals surface area contributed by atoms with Gasteiger partial charge < -0.3 is 10.0 Å². The summed E-state index contributed by atoms with van der Waals surface area (Å²) in [6.07, 6.45) is 0.227. The number of carboxylic acids is 1. The highest BCUT2D eigenvalue weighted by Crippen LogP contribution is 2.06. The summed E-state index contributed by atoms with van der Waals surface area (Å²) in [5, 5.41) is 8.35. The predicted molar refractivity (Wildman–Crippen MR) is 43.1 cm³/mol. The number of carboxylic acid groups (broad SMARTS) is 1. The lowest BCUT2D eigenvalue weighted by atomic mass is 10.1. The molecule has 1 rings (SSSR count). The molecule has 0 aliphatic carbocycles. The Morgan fingerprint density at radius 1 is 1.31 bits per heavy atom. The van der Waals surface area contributed by atoms with Gasteiger partial charge in [-0.3, -0.25) is 14.4 Å². The molecule has 1 heterocycles. The van der Waals surface area contributed by atoms with Crippen molar-refractivity contribution in [3.05, 3.63) is 0 Å². The number of amides is 1. The number of nitrogens with zero attached hydrogens (tertiary/aromatic N) is 1. The lowest BCUT2D eigenvalue weighted by Crippen LogP contribution is -2.39. The molecule has 0 saturated carbocycles. The van der Waals surface area contributed by atoms with Gasteiger partial charge in [0.1, 0.15) is 12.2 Å². The van der Waals surface area contributed by atoms with Gasteiger partial charge in [-0.05, 0) is 0 Å². The number of hydrogen-bond donors (Lipinski definition) is 1. The zero-order valence-electron chi connectivity index (χ0n) is 7.15. The van der Waals surface area contributed by atoms with Crippen LogP contribution in [0.25, 0.3) is 0 Å². The first kappa shape index (κ1) is 9.70. The van der Waals surface area contributed by atoms with Crippen LogP contribution in [0.4, 0.5) is 0 Å². The van der Waals surface area contributed by atoms with Crippen molar-refractivity contribution in [3.63, 3.8) is 0 Å². The van der Waals surface area contributed by atoms with Gasteiger partial charge in [0.15, 0.2) is 0 Å². The first-order valence-electron chi connectivity index (χ1n) is 4.11. The molecule has 0 radical (unpaired) electrons. The van der Waals surface area contributed by atoms with Crippen molar-refractivity contribution in [1.82, 2.24) is 4.90 Å². The van der Waals surface area contributed by atoms with E-state index in [-0.39, 0.29) is 5.78 Å². The summed E-state index contributed by atoms with van der Waals surface area (Å²) in [4.78, 5) is 33.6. The van der Waals surface area contributed by atoms with E-state index in [1.54, 1.807) is 0 Å². The van der Waals surface area contributed by atoms with Crippen molar-refractivity contribution < 1.29 is 19.5 Å². The maximum atomic E-state index is 11.1. The van der Waals surface area contributed by atoms with Gasteiger partial charge in [0, 0.05) is 25.9 Å². The Balaban J connectivity index is 2.40. The Labute approximate surface area is 75.3 Å². The van der Waals surface area contributed by atoms with Crippen LogP contribution in [-0.4, -0.2) is 40.8 Å². The van der Waals surface area contributed by atoms with E-state index in [1.165, 1.54) is 4.90 Å². The van der Waals surface area contributed by atoms with Crippen molar-refractivity contribution in [2.45, 2.75) is 19.3 Å². The average molecular weight is 185 g/mol. The zero-order chi connectivity index (χ0) is 9.84. The van der Waals surface area contributed by atoms with E-state index in [2.05, 4.69) is 0 Å². The molecule has 1 N–H and O–H groups in total. The van der Waals surface area contributed by atoms with Crippen LogP contribution in [0.15, 0.2) is 0 Å². The number of ketones is 1. The van der Waals surface area contributed by atoms with Crippen molar-refractivity contribution in [1.29, 1.82) is 0 Å². The molecule has 0 spiro atoms. The smallest absolute Gasteiger partial charge is 0.312 e. The summed E-state index contributed by atoms with van der Waals surface area (Å²) in [7, 11) is 0. The third-order valence-corrected chi connectivity index (χ3v) is 1.98. The Kier molecular flexibility index (Phi) is 3.00. The molecular formula is C8H11NO4.